The number of hydrogen-bond acceptors (Lipinski definition) is 4. The summed E-state index contributed by atoms with van der Waals surface area (Å²) < 4.78 is 16.8. The summed E-state index contributed by atoms with van der Waals surface area (Å²) in [7, 11) is 1.66. The van der Waals surface area contributed by atoms with Crippen LogP contribution < -0.4 is 14.8 Å². The van der Waals surface area contributed by atoms with Crippen LogP contribution in [-0.2, 0) is 4.74 Å². The molecule has 2 atom stereocenters. The van der Waals surface area contributed by atoms with Gasteiger partial charge in [-0.3, -0.25) is 0 Å². The molecule has 4 nitrogen and oxygen atoms in total. The van der Waals surface area contributed by atoms with E-state index < -0.39 is 0 Å². The van der Waals surface area contributed by atoms with Crippen molar-refractivity contribution in [2.75, 3.05) is 25.6 Å². The molecule has 2 unspecified atom stereocenters. The molecule has 0 saturated carbocycles. The highest BCUT2D eigenvalue weighted by Crippen LogP contribution is 2.31. The third kappa shape index (κ3) is 4.27. The van der Waals surface area contributed by atoms with E-state index in [1.807, 2.05) is 25.1 Å². The smallest absolute Gasteiger partial charge is 0.163 e. The highest BCUT2D eigenvalue weighted by molar-refractivity contribution is 5.55. The Morgan fingerprint density at radius 1 is 1.33 bits per heavy atom. The van der Waals surface area contributed by atoms with E-state index in [0.29, 0.717) is 24.7 Å². The summed E-state index contributed by atoms with van der Waals surface area (Å²) >= 11 is 0. The number of methoxy groups -OCH3 is 1. The van der Waals surface area contributed by atoms with Crippen molar-refractivity contribution < 1.29 is 14.2 Å². The van der Waals surface area contributed by atoms with E-state index >= 15 is 0 Å². The predicted octanol–water partition coefficient (Wildman–Crippen LogP) is 3.71. The molecule has 1 heterocycles. The van der Waals surface area contributed by atoms with Gasteiger partial charge in [0, 0.05) is 24.4 Å². The summed E-state index contributed by atoms with van der Waals surface area (Å²) in [6.07, 6.45) is 2.44. The number of rotatable bonds is 6. The fourth-order valence-corrected chi connectivity index (χ4v) is 2.69. The normalized spacial score (nSPS) is 22.1. The van der Waals surface area contributed by atoms with Gasteiger partial charge in [0.2, 0.25) is 0 Å². The molecule has 1 aromatic carbocycles. The second-order valence-corrected chi connectivity index (χ2v) is 5.82. The molecule has 1 aliphatic heterocycles. The Hall–Kier alpha value is -1.42. The predicted molar refractivity (Wildman–Crippen MR) is 85.4 cm³/mol. The minimum atomic E-state index is 0.348. The van der Waals surface area contributed by atoms with Crippen molar-refractivity contribution in [2.45, 2.75) is 45.8 Å². The van der Waals surface area contributed by atoms with E-state index in [4.69, 9.17) is 14.2 Å². The first-order valence-electron chi connectivity index (χ1n) is 7.83. The maximum atomic E-state index is 5.82. The highest BCUT2D eigenvalue weighted by Gasteiger charge is 2.24. The molecule has 118 valence electrons. The minimum Gasteiger partial charge on any atom is -0.493 e. The van der Waals surface area contributed by atoms with Crippen LogP contribution >= 0.6 is 0 Å². The van der Waals surface area contributed by atoms with Crippen molar-refractivity contribution in [3.8, 4) is 11.5 Å². The Bertz CT molecular complexity index is 448. The maximum Gasteiger partial charge on any atom is 0.163 e. The van der Waals surface area contributed by atoms with Crippen LogP contribution in [0.1, 0.15) is 33.6 Å². The van der Waals surface area contributed by atoms with Crippen LogP contribution in [0.5, 0.6) is 11.5 Å². The van der Waals surface area contributed by atoms with Gasteiger partial charge in [0.1, 0.15) is 0 Å². The maximum absolute atomic E-state index is 5.82. The summed E-state index contributed by atoms with van der Waals surface area (Å²) in [5.74, 6) is 2.12. The van der Waals surface area contributed by atoms with Gasteiger partial charge in [-0.15, -0.1) is 0 Å². The van der Waals surface area contributed by atoms with Crippen LogP contribution in [0.25, 0.3) is 0 Å². The lowest BCUT2D eigenvalue weighted by atomic mass is 9.95. The Morgan fingerprint density at radius 3 is 2.81 bits per heavy atom. The monoisotopic (exact) mass is 293 g/mol. The van der Waals surface area contributed by atoms with Gasteiger partial charge in [-0.05, 0) is 37.8 Å². The minimum absolute atomic E-state index is 0.348. The summed E-state index contributed by atoms with van der Waals surface area (Å²) in [4.78, 5) is 0. The molecule has 1 aliphatic rings. The van der Waals surface area contributed by atoms with Gasteiger partial charge < -0.3 is 19.5 Å². The van der Waals surface area contributed by atoms with Crippen molar-refractivity contribution in [1.82, 2.24) is 0 Å². The number of benzene rings is 1. The molecule has 2 rings (SSSR count). The van der Waals surface area contributed by atoms with E-state index in [0.717, 1.165) is 36.6 Å². The van der Waals surface area contributed by atoms with Crippen molar-refractivity contribution in [3.05, 3.63) is 18.2 Å². The van der Waals surface area contributed by atoms with Crippen LogP contribution in [-0.4, -0.2) is 32.5 Å². The molecule has 1 saturated heterocycles. The first kappa shape index (κ1) is 16.0. The quantitative estimate of drug-likeness (QED) is 0.868. The summed E-state index contributed by atoms with van der Waals surface area (Å²) in [6, 6.07) is 6.46. The van der Waals surface area contributed by atoms with Crippen molar-refractivity contribution in [2.24, 2.45) is 5.92 Å². The van der Waals surface area contributed by atoms with Crippen LogP contribution in [0.15, 0.2) is 18.2 Å². The van der Waals surface area contributed by atoms with Crippen LogP contribution in [0.4, 0.5) is 5.69 Å². The van der Waals surface area contributed by atoms with Gasteiger partial charge in [0.25, 0.3) is 0 Å². The molecule has 0 radical (unpaired) electrons. The Kier molecular flexibility index (Phi) is 5.74. The lowest BCUT2D eigenvalue weighted by molar-refractivity contribution is -0.0160. The summed E-state index contributed by atoms with van der Waals surface area (Å²) in [5.41, 5.74) is 1.08. The Morgan fingerprint density at radius 2 is 2.14 bits per heavy atom. The zero-order valence-corrected chi connectivity index (χ0v) is 13.5. The van der Waals surface area contributed by atoms with E-state index in [2.05, 4.69) is 19.2 Å². The average molecular weight is 293 g/mol. The molecular formula is C17H27NO3. The lowest BCUT2D eigenvalue weighted by Gasteiger charge is -2.33. The zero-order valence-electron chi connectivity index (χ0n) is 13.5. The van der Waals surface area contributed by atoms with Crippen molar-refractivity contribution in [3.63, 3.8) is 0 Å². The third-order valence-electron chi connectivity index (χ3n) is 3.89. The second-order valence-electron chi connectivity index (χ2n) is 5.82. The molecule has 0 aromatic heterocycles. The standard InChI is InChI=1S/C17H27NO3/c1-5-20-17-11-13(6-7-15(17)19-4)18-14-8-9-21-16(10-14)12(2)3/h6-7,11-12,14,16,18H,5,8-10H2,1-4H3. The fourth-order valence-electron chi connectivity index (χ4n) is 2.69. The van der Waals surface area contributed by atoms with Crippen LogP contribution in [0.2, 0.25) is 0 Å². The van der Waals surface area contributed by atoms with Crippen LogP contribution in [0.3, 0.4) is 0 Å². The van der Waals surface area contributed by atoms with Gasteiger partial charge in [-0.25, -0.2) is 0 Å². The lowest BCUT2D eigenvalue weighted by Crippen LogP contribution is -2.36. The molecular weight excluding hydrogens is 266 g/mol. The highest BCUT2D eigenvalue weighted by atomic mass is 16.5. The van der Waals surface area contributed by atoms with Crippen molar-refractivity contribution >= 4 is 5.69 Å². The first-order chi connectivity index (χ1) is 10.1. The largest absolute Gasteiger partial charge is 0.493 e. The molecule has 0 bridgehead atoms. The van der Waals surface area contributed by atoms with Gasteiger partial charge in [0.05, 0.1) is 19.8 Å². The summed E-state index contributed by atoms with van der Waals surface area (Å²) in [5, 5.41) is 3.60. The molecule has 1 aromatic rings. The molecule has 1 fully saturated rings. The van der Waals surface area contributed by atoms with Crippen LogP contribution in [0, 0.1) is 5.92 Å². The second kappa shape index (κ2) is 7.55. The van der Waals surface area contributed by atoms with Crippen molar-refractivity contribution in [1.29, 1.82) is 0 Å². The van der Waals surface area contributed by atoms with E-state index in [1.54, 1.807) is 7.11 Å². The summed E-state index contributed by atoms with van der Waals surface area (Å²) in [6.45, 7) is 7.87. The van der Waals surface area contributed by atoms with E-state index in [-0.39, 0.29) is 0 Å². The Labute approximate surface area is 127 Å². The number of nitrogens with one attached hydrogen (secondary N) is 1. The molecule has 0 amide bonds. The van der Waals surface area contributed by atoms with Gasteiger partial charge in [-0.1, -0.05) is 13.8 Å². The molecule has 0 spiro atoms. The first-order valence-corrected chi connectivity index (χ1v) is 7.83. The third-order valence-corrected chi connectivity index (χ3v) is 3.89. The van der Waals surface area contributed by atoms with Gasteiger partial charge in [0.15, 0.2) is 11.5 Å². The number of anilines is 1. The van der Waals surface area contributed by atoms with Gasteiger partial charge in [-0.2, -0.15) is 0 Å². The zero-order chi connectivity index (χ0) is 15.2. The molecule has 1 N–H and O–H groups in total. The SMILES string of the molecule is CCOc1cc(NC2CCOC(C(C)C)C2)ccc1OC. The van der Waals surface area contributed by atoms with E-state index in [1.165, 1.54) is 0 Å². The number of hydrogen-bond donors (Lipinski definition) is 1. The topological polar surface area (TPSA) is 39.7 Å². The van der Waals surface area contributed by atoms with Gasteiger partial charge >= 0.3 is 0 Å². The fraction of sp³-hybridized carbons (Fsp3) is 0.647. The Balaban J connectivity index is 2.03. The number of ether oxygens (including phenoxy) is 3. The van der Waals surface area contributed by atoms with E-state index in [9.17, 15) is 0 Å². The molecule has 0 aliphatic carbocycles. The molecule has 4 heteroatoms. The molecule has 21 heavy (non-hydrogen) atoms. The average Bonchev–Trinajstić information content (AvgIpc) is 2.48.